The molecule has 4 nitrogen and oxygen atoms in total. The van der Waals surface area contributed by atoms with Gasteiger partial charge in [-0.15, -0.1) is 0 Å². The lowest BCUT2D eigenvalue weighted by atomic mass is 9.96. The Morgan fingerprint density at radius 2 is 2.15 bits per heavy atom. The fraction of sp³-hybridized carbons (Fsp3) is 0.455. The van der Waals surface area contributed by atoms with Gasteiger partial charge in [0.05, 0.1) is 11.7 Å². The molecule has 2 aliphatic rings. The van der Waals surface area contributed by atoms with E-state index in [1.165, 1.54) is 0 Å². The molecule has 0 bridgehead atoms. The van der Waals surface area contributed by atoms with Crippen molar-refractivity contribution in [1.82, 2.24) is 15.2 Å². The molecule has 1 spiro atoms. The van der Waals surface area contributed by atoms with Crippen LogP contribution in [0.5, 0.6) is 0 Å². The highest BCUT2D eigenvalue weighted by Crippen LogP contribution is 2.39. The van der Waals surface area contributed by atoms with E-state index in [4.69, 9.17) is 4.98 Å². The molecule has 0 saturated carbocycles. The van der Waals surface area contributed by atoms with E-state index in [0.717, 1.165) is 48.3 Å². The van der Waals surface area contributed by atoms with Gasteiger partial charge in [-0.1, -0.05) is 25.1 Å². The predicted octanol–water partition coefficient (Wildman–Crippen LogP) is 3.78. The maximum absolute atomic E-state index is 14.8. The van der Waals surface area contributed by atoms with Gasteiger partial charge in [-0.25, -0.2) is 4.39 Å². The molecule has 1 aromatic heterocycles. The molecule has 2 aromatic rings. The van der Waals surface area contributed by atoms with Crippen molar-refractivity contribution in [3.63, 3.8) is 0 Å². The van der Waals surface area contributed by atoms with Crippen LogP contribution < -0.4 is 5.32 Å². The molecular formula is C22H26FN3O. The monoisotopic (exact) mass is 367 g/mol. The second-order valence-corrected chi connectivity index (χ2v) is 7.85. The third-order valence-electron chi connectivity index (χ3n) is 6.04. The number of nitrogens with one attached hydrogen (secondary N) is 1. The lowest BCUT2D eigenvalue weighted by Crippen LogP contribution is -2.47. The third-order valence-corrected chi connectivity index (χ3v) is 6.04. The summed E-state index contributed by atoms with van der Waals surface area (Å²) in [4.78, 5) is 19.1. The number of benzene rings is 1. The van der Waals surface area contributed by atoms with Crippen LogP contribution in [-0.4, -0.2) is 34.9 Å². The Bertz CT molecular complexity index is 897. The van der Waals surface area contributed by atoms with Crippen LogP contribution in [0.25, 0.3) is 11.1 Å². The van der Waals surface area contributed by atoms with Gasteiger partial charge in [0.15, 0.2) is 0 Å². The van der Waals surface area contributed by atoms with Gasteiger partial charge in [-0.2, -0.15) is 0 Å². The quantitative estimate of drug-likeness (QED) is 0.898. The number of hydrogen-bond donors (Lipinski definition) is 1. The van der Waals surface area contributed by atoms with Gasteiger partial charge >= 0.3 is 0 Å². The summed E-state index contributed by atoms with van der Waals surface area (Å²) in [6.07, 6.45) is 3.20. The molecule has 5 heteroatoms. The summed E-state index contributed by atoms with van der Waals surface area (Å²) in [5.41, 5.74) is 3.50. The van der Waals surface area contributed by atoms with E-state index in [2.05, 4.69) is 5.32 Å². The Morgan fingerprint density at radius 1 is 1.33 bits per heavy atom. The molecule has 2 saturated heterocycles. The van der Waals surface area contributed by atoms with Crippen LogP contribution in [0.15, 0.2) is 30.3 Å². The standard InChI is InChI=1S/C22H26FN3O/c1-4-15-6-5-7-17(20(15)23)16-12-14(2)24-19(13-16)18-8-9-22(25-18)10-11-26(3)21(22)27/h5-7,12-13,18,25H,4,8-11H2,1-3H3/t18-,22+/m1/s1. The van der Waals surface area contributed by atoms with Crippen molar-refractivity contribution in [3.05, 3.63) is 53.1 Å². The number of halogens is 1. The molecule has 142 valence electrons. The maximum atomic E-state index is 14.8. The molecule has 2 atom stereocenters. The van der Waals surface area contributed by atoms with Crippen LogP contribution in [0.3, 0.4) is 0 Å². The zero-order chi connectivity index (χ0) is 19.2. The maximum Gasteiger partial charge on any atom is 0.242 e. The summed E-state index contributed by atoms with van der Waals surface area (Å²) in [6.45, 7) is 4.69. The van der Waals surface area contributed by atoms with Crippen molar-refractivity contribution in [2.45, 2.75) is 51.1 Å². The zero-order valence-electron chi connectivity index (χ0n) is 16.2. The topological polar surface area (TPSA) is 45.2 Å². The average molecular weight is 367 g/mol. The Labute approximate surface area is 159 Å². The number of aromatic nitrogens is 1. The first-order valence-electron chi connectivity index (χ1n) is 9.73. The van der Waals surface area contributed by atoms with E-state index < -0.39 is 5.54 Å². The number of aryl methyl sites for hydroxylation is 2. The number of pyridine rings is 1. The molecule has 27 heavy (non-hydrogen) atoms. The van der Waals surface area contributed by atoms with Gasteiger partial charge in [-0.05, 0) is 55.9 Å². The number of carbonyl (C=O) groups excluding carboxylic acids is 1. The second kappa shape index (κ2) is 6.71. The molecule has 1 N–H and O–H groups in total. The first kappa shape index (κ1) is 18.1. The number of carbonyl (C=O) groups is 1. The Balaban J connectivity index is 1.68. The van der Waals surface area contributed by atoms with Crippen LogP contribution in [0, 0.1) is 12.7 Å². The first-order chi connectivity index (χ1) is 12.9. The summed E-state index contributed by atoms with van der Waals surface area (Å²) >= 11 is 0. The Morgan fingerprint density at radius 3 is 2.85 bits per heavy atom. The normalized spacial score (nSPS) is 25.0. The van der Waals surface area contributed by atoms with Crippen molar-refractivity contribution in [2.75, 3.05) is 13.6 Å². The molecule has 1 aromatic carbocycles. The van der Waals surface area contributed by atoms with Crippen molar-refractivity contribution in [3.8, 4) is 11.1 Å². The Kier molecular flexibility index (Phi) is 4.50. The fourth-order valence-corrected chi connectivity index (χ4v) is 4.49. The Hall–Kier alpha value is -2.27. The highest BCUT2D eigenvalue weighted by molar-refractivity contribution is 5.88. The summed E-state index contributed by atoms with van der Waals surface area (Å²) in [5, 5.41) is 3.56. The molecule has 0 aliphatic carbocycles. The highest BCUT2D eigenvalue weighted by atomic mass is 19.1. The van der Waals surface area contributed by atoms with E-state index >= 15 is 0 Å². The summed E-state index contributed by atoms with van der Waals surface area (Å²) in [7, 11) is 1.86. The largest absolute Gasteiger partial charge is 0.344 e. The molecular weight excluding hydrogens is 341 g/mol. The van der Waals surface area contributed by atoms with Gasteiger partial charge < -0.3 is 4.90 Å². The van der Waals surface area contributed by atoms with Crippen LogP contribution in [0.1, 0.15) is 49.2 Å². The molecule has 2 aliphatic heterocycles. The molecule has 1 amide bonds. The molecule has 0 radical (unpaired) electrons. The minimum absolute atomic E-state index is 0.0246. The van der Waals surface area contributed by atoms with E-state index in [1.54, 1.807) is 4.90 Å². The minimum Gasteiger partial charge on any atom is -0.344 e. The average Bonchev–Trinajstić information content (AvgIpc) is 3.21. The third kappa shape index (κ3) is 3.04. The molecule has 4 rings (SSSR count). The molecule has 0 unspecified atom stereocenters. The lowest BCUT2D eigenvalue weighted by molar-refractivity contribution is -0.131. The number of likely N-dealkylation sites (tertiary alicyclic amines) is 1. The molecule has 3 heterocycles. The van der Waals surface area contributed by atoms with Crippen molar-refractivity contribution >= 4 is 5.91 Å². The van der Waals surface area contributed by atoms with Crippen molar-refractivity contribution in [2.24, 2.45) is 0 Å². The van der Waals surface area contributed by atoms with Gasteiger partial charge in [-0.3, -0.25) is 15.1 Å². The zero-order valence-corrected chi connectivity index (χ0v) is 16.2. The van der Waals surface area contributed by atoms with Gasteiger partial charge in [0.25, 0.3) is 0 Å². The van der Waals surface area contributed by atoms with Crippen LogP contribution in [0.2, 0.25) is 0 Å². The van der Waals surface area contributed by atoms with Crippen molar-refractivity contribution < 1.29 is 9.18 Å². The number of hydrogen-bond acceptors (Lipinski definition) is 3. The van der Waals surface area contributed by atoms with Crippen LogP contribution in [0.4, 0.5) is 4.39 Å². The van der Waals surface area contributed by atoms with Crippen LogP contribution in [-0.2, 0) is 11.2 Å². The van der Waals surface area contributed by atoms with Gasteiger partial charge in [0.1, 0.15) is 11.4 Å². The smallest absolute Gasteiger partial charge is 0.242 e. The van der Waals surface area contributed by atoms with Crippen molar-refractivity contribution in [1.29, 1.82) is 0 Å². The summed E-state index contributed by atoms with van der Waals surface area (Å²) in [5.74, 6) is 0.0274. The van der Waals surface area contributed by atoms with E-state index in [1.807, 2.05) is 51.2 Å². The number of likely N-dealkylation sites (N-methyl/N-ethyl adjacent to an activating group) is 1. The lowest BCUT2D eigenvalue weighted by Gasteiger charge is -2.23. The second-order valence-electron chi connectivity index (χ2n) is 7.85. The number of rotatable bonds is 3. The molecule has 2 fully saturated rings. The van der Waals surface area contributed by atoms with E-state index in [9.17, 15) is 9.18 Å². The minimum atomic E-state index is -0.446. The fourth-order valence-electron chi connectivity index (χ4n) is 4.49. The SMILES string of the molecule is CCc1cccc(-c2cc(C)nc([C@H]3CC[C@@]4(CCN(C)C4=O)N3)c2)c1F. The number of nitrogens with zero attached hydrogens (tertiary/aromatic N) is 2. The number of amides is 1. The van der Waals surface area contributed by atoms with Gasteiger partial charge in [0.2, 0.25) is 5.91 Å². The van der Waals surface area contributed by atoms with Gasteiger partial charge in [0, 0.05) is 24.8 Å². The summed E-state index contributed by atoms with van der Waals surface area (Å²) < 4.78 is 14.8. The van der Waals surface area contributed by atoms with Crippen LogP contribution >= 0.6 is 0 Å². The van der Waals surface area contributed by atoms with E-state index in [0.29, 0.717) is 12.0 Å². The highest BCUT2D eigenvalue weighted by Gasteiger charge is 2.50. The van der Waals surface area contributed by atoms with E-state index in [-0.39, 0.29) is 17.8 Å². The first-order valence-corrected chi connectivity index (χ1v) is 9.73. The predicted molar refractivity (Wildman–Crippen MR) is 104 cm³/mol. The summed E-state index contributed by atoms with van der Waals surface area (Å²) in [6, 6.07) is 9.49.